The fraction of sp³-hybridized carbons (Fsp3) is 0.222. The predicted octanol–water partition coefficient (Wildman–Crippen LogP) is 2.79. The lowest BCUT2D eigenvalue weighted by Gasteiger charge is -2.16. The molecule has 2 aromatic rings. The molecule has 1 unspecified atom stereocenters. The summed E-state index contributed by atoms with van der Waals surface area (Å²) in [5, 5.41) is 9.24. The first-order valence-electron chi connectivity index (χ1n) is 7.57. The first-order chi connectivity index (χ1) is 11.5. The van der Waals surface area contributed by atoms with Gasteiger partial charge in [-0.25, -0.2) is 4.79 Å². The largest absolute Gasteiger partial charge is 0.481 e. The number of carboxylic acid groups (broad SMARTS) is 1. The highest BCUT2D eigenvalue weighted by atomic mass is 16.5. The number of rotatable bonds is 6. The Morgan fingerprint density at radius 2 is 1.75 bits per heavy atom. The second-order valence-corrected chi connectivity index (χ2v) is 5.39. The van der Waals surface area contributed by atoms with Crippen molar-refractivity contribution in [3.8, 4) is 0 Å². The van der Waals surface area contributed by atoms with Crippen molar-refractivity contribution >= 4 is 23.3 Å². The molecule has 2 rings (SSSR count). The van der Waals surface area contributed by atoms with Crippen LogP contribution in [0.4, 0.5) is 11.4 Å². The average molecular weight is 328 g/mol. The summed E-state index contributed by atoms with van der Waals surface area (Å²) < 4.78 is 5.23. The van der Waals surface area contributed by atoms with Crippen LogP contribution in [0.5, 0.6) is 0 Å². The third-order valence-corrected chi connectivity index (χ3v) is 3.84. The van der Waals surface area contributed by atoms with Gasteiger partial charge >= 0.3 is 11.9 Å². The molecule has 0 amide bonds. The molecule has 0 saturated heterocycles. The van der Waals surface area contributed by atoms with Crippen LogP contribution >= 0.6 is 0 Å². The van der Waals surface area contributed by atoms with E-state index in [4.69, 9.17) is 16.2 Å². The Balaban J connectivity index is 2.20. The highest BCUT2D eigenvalue weighted by Gasteiger charge is 2.24. The number of ether oxygens (including phenoxy) is 1. The number of benzene rings is 2. The van der Waals surface area contributed by atoms with Crippen LogP contribution in [-0.2, 0) is 16.1 Å². The minimum Gasteiger partial charge on any atom is -0.481 e. The van der Waals surface area contributed by atoms with E-state index < -0.39 is 17.9 Å². The van der Waals surface area contributed by atoms with Gasteiger partial charge in [0.05, 0.1) is 22.9 Å². The first kappa shape index (κ1) is 17.3. The maximum atomic E-state index is 12.2. The van der Waals surface area contributed by atoms with Crippen LogP contribution in [0.15, 0.2) is 42.5 Å². The Morgan fingerprint density at radius 3 is 2.33 bits per heavy atom. The Kier molecular flexibility index (Phi) is 5.42. The van der Waals surface area contributed by atoms with E-state index in [1.54, 1.807) is 6.92 Å². The van der Waals surface area contributed by atoms with Crippen molar-refractivity contribution < 1.29 is 19.4 Å². The number of hydrogen-bond donors (Lipinski definition) is 3. The highest BCUT2D eigenvalue weighted by Crippen LogP contribution is 2.32. The summed E-state index contributed by atoms with van der Waals surface area (Å²) in [6.07, 6.45) is 0.372. The zero-order valence-corrected chi connectivity index (χ0v) is 13.4. The molecule has 0 fully saturated rings. The van der Waals surface area contributed by atoms with E-state index in [0.717, 1.165) is 5.56 Å². The molecule has 0 aliphatic rings. The number of carboxylic acids is 1. The zero-order chi connectivity index (χ0) is 17.7. The van der Waals surface area contributed by atoms with Crippen molar-refractivity contribution in [2.75, 3.05) is 11.5 Å². The normalized spacial score (nSPS) is 11.7. The minimum absolute atomic E-state index is 0.0465. The molecule has 0 spiro atoms. The Bertz CT molecular complexity index is 744. The molecule has 0 radical (unpaired) electrons. The van der Waals surface area contributed by atoms with Crippen LogP contribution in [0, 0.1) is 0 Å². The quantitative estimate of drug-likeness (QED) is 0.554. The first-order valence-corrected chi connectivity index (χ1v) is 7.57. The number of nitrogens with two attached hydrogens (primary N) is 2. The van der Waals surface area contributed by atoms with Crippen molar-refractivity contribution in [3.63, 3.8) is 0 Å². The number of nitrogen functional groups attached to an aromatic ring is 2. The summed E-state index contributed by atoms with van der Waals surface area (Å²) in [6.45, 7) is 1.87. The monoisotopic (exact) mass is 328 g/mol. The lowest BCUT2D eigenvalue weighted by atomic mass is 9.93. The standard InChI is InChI=1S/C18H20N2O4/c1-2-12(17(21)22)13-8-9-14(16(20)15(13)19)18(23)24-10-11-6-4-3-5-7-11/h3-9,12H,2,10,19-20H2,1H3,(H,21,22). The van der Waals surface area contributed by atoms with Crippen LogP contribution in [-0.4, -0.2) is 17.0 Å². The number of anilines is 2. The van der Waals surface area contributed by atoms with Gasteiger partial charge in [0, 0.05) is 0 Å². The van der Waals surface area contributed by atoms with Crippen LogP contribution in [0.2, 0.25) is 0 Å². The lowest BCUT2D eigenvalue weighted by molar-refractivity contribution is -0.138. The van der Waals surface area contributed by atoms with Crippen molar-refractivity contribution in [1.29, 1.82) is 0 Å². The molecule has 1 atom stereocenters. The molecule has 126 valence electrons. The van der Waals surface area contributed by atoms with Gasteiger partial charge in [-0.1, -0.05) is 43.3 Å². The van der Waals surface area contributed by atoms with E-state index >= 15 is 0 Å². The molecule has 0 saturated carbocycles. The number of aliphatic carboxylic acids is 1. The number of esters is 1. The van der Waals surface area contributed by atoms with E-state index in [0.29, 0.717) is 12.0 Å². The van der Waals surface area contributed by atoms with Crippen molar-refractivity contribution in [2.24, 2.45) is 0 Å². The number of carbonyl (C=O) groups is 2. The summed E-state index contributed by atoms with van der Waals surface area (Å²) >= 11 is 0. The molecule has 0 heterocycles. The number of hydrogen-bond acceptors (Lipinski definition) is 5. The van der Waals surface area contributed by atoms with Crippen LogP contribution in [0.25, 0.3) is 0 Å². The van der Waals surface area contributed by atoms with Gasteiger partial charge in [-0.3, -0.25) is 4.79 Å². The van der Waals surface area contributed by atoms with E-state index in [1.807, 2.05) is 30.3 Å². The molecule has 2 aromatic carbocycles. The van der Waals surface area contributed by atoms with E-state index in [1.165, 1.54) is 12.1 Å². The van der Waals surface area contributed by atoms with Crippen molar-refractivity contribution in [2.45, 2.75) is 25.9 Å². The van der Waals surface area contributed by atoms with E-state index in [9.17, 15) is 14.7 Å². The van der Waals surface area contributed by atoms with Gasteiger partial charge in [-0.15, -0.1) is 0 Å². The SMILES string of the molecule is CCC(C(=O)O)c1ccc(C(=O)OCc2ccccc2)c(N)c1N. The fourth-order valence-electron chi connectivity index (χ4n) is 2.46. The maximum absolute atomic E-state index is 12.2. The predicted molar refractivity (Wildman–Crippen MR) is 91.5 cm³/mol. The van der Waals surface area contributed by atoms with Gasteiger partial charge < -0.3 is 21.3 Å². The summed E-state index contributed by atoms with van der Waals surface area (Å²) in [4.78, 5) is 23.5. The van der Waals surface area contributed by atoms with Crippen LogP contribution < -0.4 is 11.5 Å². The molecular formula is C18H20N2O4. The molecule has 0 bridgehead atoms. The van der Waals surface area contributed by atoms with E-state index in [2.05, 4.69) is 0 Å². The average Bonchev–Trinajstić information content (AvgIpc) is 2.58. The summed E-state index contributed by atoms with van der Waals surface area (Å²) in [7, 11) is 0. The Labute approximate surface area is 140 Å². The van der Waals surface area contributed by atoms with Crippen LogP contribution in [0.1, 0.15) is 40.7 Å². The number of carbonyl (C=O) groups excluding carboxylic acids is 1. The zero-order valence-electron chi connectivity index (χ0n) is 13.4. The van der Waals surface area contributed by atoms with Gasteiger partial charge in [0.25, 0.3) is 0 Å². The molecule has 0 aromatic heterocycles. The third kappa shape index (κ3) is 3.65. The van der Waals surface area contributed by atoms with Crippen LogP contribution in [0.3, 0.4) is 0 Å². The smallest absolute Gasteiger partial charge is 0.340 e. The molecule has 0 aliphatic carbocycles. The van der Waals surface area contributed by atoms with Gasteiger partial charge in [0.2, 0.25) is 0 Å². The lowest BCUT2D eigenvalue weighted by Crippen LogP contribution is -2.16. The van der Waals surface area contributed by atoms with E-state index in [-0.39, 0.29) is 23.5 Å². The fourth-order valence-corrected chi connectivity index (χ4v) is 2.46. The van der Waals surface area contributed by atoms with Crippen molar-refractivity contribution in [1.82, 2.24) is 0 Å². The molecule has 0 aliphatic heterocycles. The van der Waals surface area contributed by atoms with Gasteiger partial charge in [0.1, 0.15) is 6.61 Å². The summed E-state index contributed by atoms with van der Waals surface area (Å²) in [5.41, 5.74) is 13.4. The Morgan fingerprint density at radius 1 is 1.08 bits per heavy atom. The molecule has 5 N–H and O–H groups in total. The minimum atomic E-state index is -0.983. The van der Waals surface area contributed by atoms with Gasteiger partial charge in [-0.05, 0) is 23.6 Å². The van der Waals surface area contributed by atoms with Gasteiger partial charge in [-0.2, -0.15) is 0 Å². The highest BCUT2D eigenvalue weighted by molar-refractivity contribution is 5.99. The summed E-state index contributed by atoms with van der Waals surface area (Å²) in [6, 6.07) is 12.2. The third-order valence-electron chi connectivity index (χ3n) is 3.84. The molecular weight excluding hydrogens is 308 g/mol. The Hall–Kier alpha value is -3.02. The second-order valence-electron chi connectivity index (χ2n) is 5.39. The molecule has 24 heavy (non-hydrogen) atoms. The maximum Gasteiger partial charge on any atom is 0.340 e. The topological polar surface area (TPSA) is 116 Å². The molecule has 6 heteroatoms. The summed E-state index contributed by atoms with van der Waals surface area (Å²) in [5.74, 6) is -2.34. The van der Waals surface area contributed by atoms with Gasteiger partial charge in [0.15, 0.2) is 0 Å². The second kappa shape index (κ2) is 7.50. The molecule has 6 nitrogen and oxygen atoms in total. The van der Waals surface area contributed by atoms with Crippen molar-refractivity contribution in [3.05, 3.63) is 59.2 Å².